The summed E-state index contributed by atoms with van der Waals surface area (Å²) in [6.07, 6.45) is -0.482. The van der Waals surface area contributed by atoms with Gasteiger partial charge in [0.15, 0.2) is 0 Å². The molecule has 1 rings (SSSR count). The van der Waals surface area contributed by atoms with Crippen LogP contribution in [0.2, 0.25) is 0 Å². The van der Waals surface area contributed by atoms with Crippen LogP contribution in [0.25, 0.3) is 6.20 Å². The molecule has 0 aliphatic carbocycles. The maximum Gasteiger partial charge on any atom is 0.433 e. The Bertz CT molecular complexity index is 285. The maximum atomic E-state index is 12.1. The third-order valence-electron chi connectivity index (χ3n) is 1.25. The molecule has 0 saturated heterocycles. The lowest BCUT2D eigenvalue weighted by Gasteiger charge is -2.05. The fourth-order valence-electron chi connectivity index (χ4n) is 0.799. The van der Waals surface area contributed by atoms with Crippen molar-refractivity contribution in [3.8, 4) is 0 Å². The van der Waals surface area contributed by atoms with Gasteiger partial charge in [-0.1, -0.05) is 6.08 Å². The standard InChI is InChI=1S/C7H7F3N2/c1-2-5-12-6(3-4-11-12)7(8,9)10/h2-5H,1H3. The summed E-state index contributed by atoms with van der Waals surface area (Å²) >= 11 is 0. The van der Waals surface area contributed by atoms with Crippen molar-refractivity contribution >= 4 is 6.20 Å². The van der Waals surface area contributed by atoms with Gasteiger partial charge in [-0.3, -0.25) is 0 Å². The lowest BCUT2D eigenvalue weighted by Crippen LogP contribution is -2.10. The lowest BCUT2D eigenvalue weighted by atomic mass is 10.4. The molecule has 1 aromatic heterocycles. The van der Waals surface area contributed by atoms with Crippen LogP contribution in [-0.2, 0) is 6.18 Å². The van der Waals surface area contributed by atoms with E-state index in [4.69, 9.17) is 0 Å². The van der Waals surface area contributed by atoms with Crippen LogP contribution in [0.3, 0.4) is 0 Å². The summed E-state index contributed by atoms with van der Waals surface area (Å²) in [7, 11) is 0. The van der Waals surface area contributed by atoms with Gasteiger partial charge in [-0.2, -0.15) is 18.3 Å². The number of halogens is 3. The molecule has 0 spiro atoms. The van der Waals surface area contributed by atoms with Crippen LogP contribution in [0, 0.1) is 0 Å². The third-order valence-corrected chi connectivity index (χ3v) is 1.25. The molecule has 0 radical (unpaired) electrons. The molecular weight excluding hydrogens is 169 g/mol. The van der Waals surface area contributed by atoms with E-state index < -0.39 is 11.9 Å². The second-order valence-corrected chi connectivity index (χ2v) is 2.14. The zero-order valence-corrected chi connectivity index (χ0v) is 6.34. The third kappa shape index (κ3) is 1.66. The Balaban J connectivity index is 3.07. The minimum Gasteiger partial charge on any atom is -0.236 e. The Morgan fingerprint density at radius 1 is 1.50 bits per heavy atom. The minimum atomic E-state index is -4.34. The van der Waals surface area contributed by atoms with Crippen LogP contribution in [0.5, 0.6) is 0 Å². The molecule has 0 atom stereocenters. The number of rotatable bonds is 1. The molecule has 2 nitrogen and oxygen atoms in total. The van der Waals surface area contributed by atoms with Crippen LogP contribution in [0.1, 0.15) is 12.6 Å². The average molecular weight is 176 g/mol. The average Bonchev–Trinajstić information content (AvgIpc) is 2.34. The molecule has 0 aliphatic rings. The van der Waals surface area contributed by atoms with E-state index >= 15 is 0 Å². The number of hydrogen-bond acceptors (Lipinski definition) is 1. The monoisotopic (exact) mass is 176 g/mol. The maximum absolute atomic E-state index is 12.1. The van der Waals surface area contributed by atoms with Crippen LogP contribution in [0.15, 0.2) is 18.3 Å². The molecule has 0 amide bonds. The topological polar surface area (TPSA) is 17.8 Å². The first-order chi connectivity index (χ1) is 5.55. The van der Waals surface area contributed by atoms with Crippen molar-refractivity contribution in [1.82, 2.24) is 9.78 Å². The smallest absolute Gasteiger partial charge is 0.236 e. The Morgan fingerprint density at radius 3 is 2.67 bits per heavy atom. The Labute approximate surface area is 67.3 Å². The first-order valence-corrected chi connectivity index (χ1v) is 3.29. The van der Waals surface area contributed by atoms with Crippen LogP contribution >= 0.6 is 0 Å². The molecule has 1 aromatic rings. The van der Waals surface area contributed by atoms with Gasteiger partial charge in [0.05, 0.1) is 0 Å². The van der Waals surface area contributed by atoms with Gasteiger partial charge < -0.3 is 0 Å². The van der Waals surface area contributed by atoms with Crippen molar-refractivity contribution in [1.29, 1.82) is 0 Å². The second-order valence-electron chi connectivity index (χ2n) is 2.14. The van der Waals surface area contributed by atoms with Crippen LogP contribution in [0.4, 0.5) is 13.2 Å². The zero-order valence-electron chi connectivity index (χ0n) is 6.34. The highest BCUT2D eigenvalue weighted by molar-refractivity contribution is 5.24. The molecule has 12 heavy (non-hydrogen) atoms. The molecule has 0 N–H and O–H groups in total. The van der Waals surface area contributed by atoms with E-state index in [9.17, 15) is 13.2 Å². The molecule has 0 saturated carbocycles. The van der Waals surface area contributed by atoms with E-state index in [1.165, 1.54) is 12.3 Å². The first kappa shape index (κ1) is 8.83. The summed E-state index contributed by atoms with van der Waals surface area (Å²) in [6, 6.07) is 0.931. The summed E-state index contributed by atoms with van der Waals surface area (Å²) in [5.41, 5.74) is -0.763. The Kier molecular flexibility index (Phi) is 2.21. The molecule has 0 unspecified atom stereocenters. The van der Waals surface area contributed by atoms with E-state index in [0.717, 1.165) is 16.9 Å². The van der Waals surface area contributed by atoms with E-state index in [2.05, 4.69) is 5.10 Å². The largest absolute Gasteiger partial charge is 0.433 e. The Morgan fingerprint density at radius 2 is 2.17 bits per heavy atom. The van der Waals surface area contributed by atoms with Crippen molar-refractivity contribution in [2.45, 2.75) is 13.1 Å². The molecule has 0 bridgehead atoms. The summed E-state index contributed by atoms with van der Waals surface area (Å²) in [4.78, 5) is 0. The molecule has 5 heteroatoms. The minimum absolute atomic E-state index is 0.763. The molecular formula is C7H7F3N2. The van der Waals surface area contributed by atoms with Gasteiger partial charge in [-0.05, 0) is 13.0 Å². The predicted molar refractivity (Wildman–Crippen MR) is 38.2 cm³/mol. The first-order valence-electron chi connectivity index (χ1n) is 3.29. The SMILES string of the molecule is CC=Cn1nccc1C(F)(F)F. The van der Waals surface area contributed by atoms with Gasteiger partial charge in [0.25, 0.3) is 0 Å². The highest BCUT2D eigenvalue weighted by Crippen LogP contribution is 2.28. The van der Waals surface area contributed by atoms with E-state index in [1.54, 1.807) is 6.92 Å². The summed E-state index contributed by atoms with van der Waals surface area (Å²) in [5, 5.41) is 3.48. The van der Waals surface area contributed by atoms with Gasteiger partial charge >= 0.3 is 6.18 Å². The predicted octanol–water partition coefficient (Wildman–Crippen LogP) is 2.39. The van der Waals surface area contributed by atoms with E-state index in [-0.39, 0.29) is 0 Å². The highest BCUT2D eigenvalue weighted by Gasteiger charge is 2.34. The van der Waals surface area contributed by atoms with Crippen molar-refractivity contribution in [3.63, 3.8) is 0 Å². The molecule has 66 valence electrons. The van der Waals surface area contributed by atoms with Gasteiger partial charge in [-0.15, -0.1) is 0 Å². The van der Waals surface area contributed by atoms with Crippen molar-refractivity contribution in [3.05, 3.63) is 24.0 Å². The number of allylic oxidation sites excluding steroid dienone is 1. The lowest BCUT2D eigenvalue weighted by molar-refractivity contribution is -0.142. The second kappa shape index (κ2) is 3.00. The summed E-state index contributed by atoms with van der Waals surface area (Å²) in [6.45, 7) is 1.63. The van der Waals surface area contributed by atoms with Gasteiger partial charge in [0.1, 0.15) is 5.69 Å². The van der Waals surface area contributed by atoms with Gasteiger partial charge in [0, 0.05) is 12.4 Å². The van der Waals surface area contributed by atoms with E-state index in [1.807, 2.05) is 0 Å². The summed E-state index contributed by atoms with van der Waals surface area (Å²) in [5.74, 6) is 0. The van der Waals surface area contributed by atoms with E-state index in [0.29, 0.717) is 0 Å². The Hall–Kier alpha value is -1.26. The fourth-order valence-corrected chi connectivity index (χ4v) is 0.799. The molecule has 0 fully saturated rings. The zero-order chi connectivity index (χ0) is 9.19. The molecule has 0 aliphatic heterocycles. The van der Waals surface area contributed by atoms with Gasteiger partial charge in [0.2, 0.25) is 0 Å². The van der Waals surface area contributed by atoms with Crippen molar-refractivity contribution < 1.29 is 13.2 Å². The number of hydrogen-bond donors (Lipinski definition) is 0. The van der Waals surface area contributed by atoms with Crippen molar-refractivity contribution in [2.24, 2.45) is 0 Å². The molecule has 0 aromatic carbocycles. The van der Waals surface area contributed by atoms with Crippen LogP contribution in [-0.4, -0.2) is 9.78 Å². The quantitative estimate of drug-likeness (QED) is 0.642. The fraction of sp³-hybridized carbons (Fsp3) is 0.286. The number of aromatic nitrogens is 2. The summed E-state index contributed by atoms with van der Waals surface area (Å²) < 4.78 is 37.1. The number of alkyl halides is 3. The van der Waals surface area contributed by atoms with Crippen molar-refractivity contribution in [2.75, 3.05) is 0 Å². The normalized spacial score (nSPS) is 12.7. The van der Waals surface area contributed by atoms with Crippen LogP contribution < -0.4 is 0 Å². The highest BCUT2D eigenvalue weighted by atomic mass is 19.4. The molecule has 1 heterocycles. The van der Waals surface area contributed by atoms with Gasteiger partial charge in [-0.25, -0.2) is 4.68 Å². The number of nitrogens with zero attached hydrogens (tertiary/aromatic N) is 2.